The third-order valence-electron chi connectivity index (χ3n) is 2.70. The van der Waals surface area contributed by atoms with Crippen molar-refractivity contribution in [3.8, 4) is 5.75 Å². The highest BCUT2D eigenvalue weighted by atomic mass is 35.5. The van der Waals surface area contributed by atoms with Crippen LogP contribution in [0.4, 0.5) is 13.2 Å². The molecule has 2 nitrogen and oxygen atoms in total. The van der Waals surface area contributed by atoms with Gasteiger partial charge in [-0.15, -0.1) is 0 Å². The second kappa shape index (κ2) is 6.18. The number of ketones is 1. The molecule has 0 bridgehead atoms. The average Bonchev–Trinajstić information content (AvgIpc) is 2.45. The molecule has 2 aromatic rings. The highest BCUT2D eigenvalue weighted by Gasteiger charge is 2.30. The van der Waals surface area contributed by atoms with Gasteiger partial charge < -0.3 is 4.74 Å². The molecule has 0 aromatic heterocycles. The van der Waals surface area contributed by atoms with Crippen molar-refractivity contribution < 1.29 is 22.7 Å². The molecule has 0 radical (unpaired) electrons. The van der Waals surface area contributed by atoms with E-state index in [0.717, 1.165) is 12.1 Å². The fourth-order valence-corrected chi connectivity index (χ4v) is 1.76. The molecule has 0 unspecified atom stereocenters. The van der Waals surface area contributed by atoms with Crippen molar-refractivity contribution in [2.75, 3.05) is 6.61 Å². The van der Waals surface area contributed by atoms with E-state index in [4.69, 9.17) is 16.3 Å². The van der Waals surface area contributed by atoms with Gasteiger partial charge in [-0.2, -0.15) is 13.2 Å². The van der Waals surface area contributed by atoms with Gasteiger partial charge in [0.05, 0.1) is 5.56 Å². The zero-order valence-electron chi connectivity index (χ0n) is 10.7. The summed E-state index contributed by atoms with van der Waals surface area (Å²) in [5, 5.41) is 0.520. The molecule has 0 atom stereocenters. The van der Waals surface area contributed by atoms with Crippen LogP contribution in [0.2, 0.25) is 5.02 Å². The Balaban J connectivity index is 2.05. The van der Waals surface area contributed by atoms with Gasteiger partial charge in [0.15, 0.2) is 12.4 Å². The van der Waals surface area contributed by atoms with Crippen molar-refractivity contribution in [3.63, 3.8) is 0 Å². The number of ether oxygens (including phenoxy) is 1. The Bertz CT molecular complexity index is 636. The summed E-state index contributed by atoms with van der Waals surface area (Å²) in [5.74, 6) is -0.115. The van der Waals surface area contributed by atoms with Gasteiger partial charge in [-0.25, -0.2) is 0 Å². The summed E-state index contributed by atoms with van der Waals surface area (Å²) >= 11 is 5.70. The average molecular weight is 315 g/mol. The maximum atomic E-state index is 12.6. The number of carbonyl (C=O) groups is 1. The fraction of sp³-hybridized carbons (Fsp3) is 0.133. The van der Waals surface area contributed by atoms with Crippen molar-refractivity contribution in [2.24, 2.45) is 0 Å². The second-order valence-corrected chi connectivity index (χ2v) is 4.68. The van der Waals surface area contributed by atoms with Gasteiger partial charge in [0, 0.05) is 10.6 Å². The minimum atomic E-state index is -4.48. The highest BCUT2D eigenvalue weighted by Crippen LogP contribution is 2.29. The SMILES string of the molecule is O=C(COc1ccc(Cl)cc1)c1cccc(C(F)(F)F)c1. The number of carbonyl (C=O) groups excluding carboxylic acids is 1. The minimum absolute atomic E-state index is 0.0428. The Morgan fingerprint density at radius 1 is 1.10 bits per heavy atom. The van der Waals surface area contributed by atoms with Gasteiger partial charge >= 0.3 is 6.18 Å². The Labute approximate surface area is 124 Å². The molecule has 0 amide bonds. The molecule has 0 saturated heterocycles. The Hall–Kier alpha value is -2.01. The molecule has 110 valence electrons. The first-order chi connectivity index (χ1) is 9.86. The van der Waals surface area contributed by atoms with Crippen LogP contribution in [0.15, 0.2) is 48.5 Å². The molecule has 21 heavy (non-hydrogen) atoms. The van der Waals surface area contributed by atoms with Crippen LogP contribution in [0.3, 0.4) is 0 Å². The smallest absolute Gasteiger partial charge is 0.416 e. The lowest BCUT2D eigenvalue weighted by Crippen LogP contribution is -2.13. The third kappa shape index (κ3) is 4.23. The Morgan fingerprint density at radius 3 is 2.38 bits per heavy atom. The highest BCUT2D eigenvalue weighted by molar-refractivity contribution is 6.30. The molecular weight excluding hydrogens is 305 g/mol. The summed E-state index contributed by atoms with van der Waals surface area (Å²) < 4.78 is 42.9. The van der Waals surface area contributed by atoms with Crippen molar-refractivity contribution >= 4 is 17.4 Å². The number of alkyl halides is 3. The predicted octanol–water partition coefficient (Wildman–Crippen LogP) is 4.62. The van der Waals surface area contributed by atoms with E-state index in [1.54, 1.807) is 24.3 Å². The summed E-state index contributed by atoms with van der Waals surface area (Å²) in [7, 11) is 0. The van der Waals surface area contributed by atoms with E-state index in [0.29, 0.717) is 10.8 Å². The predicted molar refractivity (Wildman–Crippen MR) is 72.7 cm³/mol. The lowest BCUT2D eigenvalue weighted by molar-refractivity contribution is -0.137. The molecule has 0 saturated carbocycles. The third-order valence-corrected chi connectivity index (χ3v) is 2.95. The van der Waals surface area contributed by atoms with Crippen molar-refractivity contribution in [2.45, 2.75) is 6.18 Å². The van der Waals surface area contributed by atoms with Crippen LogP contribution in [-0.2, 0) is 6.18 Å². The Morgan fingerprint density at radius 2 is 1.76 bits per heavy atom. The molecule has 2 aromatic carbocycles. The lowest BCUT2D eigenvalue weighted by Gasteiger charge is -2.09. The number of Topliss-reactive ketones (excluding diaryl/α,β-unsaturated/α-hetero) is 1. The largest absolute Gasteiger partial charge is 0.485 e. The van der Waals surface area contributed by atoms with Crippen molar-refractivity contribution in [1.82, 2.24) is 0 Å². The summed E-state index contributed by atoms with van der Waals surface area (Å²) in [6.07, 6.45) is -4.48. The van der Waals surface area contributed by atoms with Crippen LogP contribution in [0.1, 0.15) is 15.9 Å². The van der Waals surface area contributed by atoms with E-state index in [1.807, 2.05) is 0 Å². The molecule has 0 aliphatic heterocycles. The van der Waals surface area contributed by atoms with E-state index in [-0.39, 0.29) is 12.2 Å². The molecule has 0 aliphatic rings. The topological polar surface area (TPSA) is 26.3 Å². The van der Waals surface area contributed by atoms with Gasteiger partial charge in [-0.1, -0.05) is 23.7 Å². The van der Waals surface area contributed by atoms with Gasteiger partial charge in [0.1, 0.15) is 5.75 Å². The van der Waals surface area contributed by atoms with Gasteiger partial charge in [0.2, 0.25) is 0 Å². The van der Waals surface area contributed by atoms with Gasteiger partial charge in [-0.3, -0.25) is 4.79 Å². The lowest BCUT2D eigenvalue weighted by atomic mass is 10.1. The van der Waals surface area contributed by atoms with Crippen molar-refractivity contribution in [1.29, 1.82) is 0 Å². The van der Waals surface area contributed by atoms with Crippen LogP contribution < -0.4 is 4.74 Å². The van der Waals surface area contributed by atoms with E-state index in [2.05, 4.69) is 0 Å². The number of halogens is 4. The number of hydrogen-bond donors (Lipinski definition) is 0. The Kier molecular flexibility index (Phi) is 4.53. The monoisotopic (exact) mass is 314 g/mol. The summed E-state index contributed by atoms with van der Waals surface area (Å²) in [6, 6.07) is 10.6. The maximum Gasteiger partial charge on any atom is 0.416 e. The zero-order chi connectivity index (χ0) is 15.5. The molecule has 0 aliphatic carbocycles. The molecule has 0 N–H and O–H groups in total. The summed E-state index contributed by atoms with van der Waals surface area (Å²) in [4.78, 5) is 11.8. The van der Waals surface area contributed by atoms with E-state index >= 15 is 0 Å². The molecule has 0 spiro atoms. The molecular formula is C15H10ClF3O2. The van der Waals surface area contributed by atoms with Crippen LogP contribution in [0.5, 0.6) is 5.75 Å². The van der Waals surface area contributed by atoms with Gasteiger partial charge in [-0.05, 0) is 36.4 Å². The standard InChI is InChI=1S/C15H10ClF3O2/c16-12-4-6-13(7-5-12)21-9-14(20)10-2-1-3-11(8-10)15(17,18)19/h1-8H,9H2. The van der Waals surface area contributed by atoms with Gasteiger partial charge in [0.25, 0.3) is 0 Å². The van der Waals surface area contributed by atoms with E-state index in [9.17, 15) is 18.0 Å². The van der Waals surface area contributed by atoms with Crippen LogP contribution >= 0.6 is 11.6 Å². The van der Waals surface area contributed by atoms with Crippen LogP contribution in [-0.4, -0.2) is 12.4 Å². The number of benzene rings is 2. The van der Waals surface area contributed by atoms with E-state index in [1.165, 1.54) is 12.1 Å². The van der Waals surface area contributed by atoms with Crippen molar-refractivity contribution in [3.05, 3.63) is 64.7 Å². The van der Waals surface area contributed by atoms with Crippen LogP contribution in [0.25, 0.3) is 0 Å². The van der Waals surface area contributed by atoms with E-state index < -0.39 is 17.5 Å². The normalized spacial score (nSPS) is 11.2. The summed E-state index contributed by atoms with van der Waals surface area (Å²) in [5.41, 5.74) is -0.904. The van der Waals surface area contributed by atoms with Crippen LogP contribution in [0, 0.1) is 0 Å². The number of rotatable bonds is 4. The number of hydrogen-bond acceptors (Lipinski definition) is 2. The molecule has 2 rings (SSSR count). The first-order valence-electron chi connectivity index (χ1n) is 5.95. The quantitative estimate of drug-likeness (QED) is 0.770. The fourth-order valence-electron chi connectivity index (χ4n) is 1.63. The molecule has 0 fully saturated rings. The minimum Gasteiger partial charge on any atom is -0.485 e. The summed E-state index contributed by atoms with van der Waals surface area (Å²) in [6.45, 7) is -0.344. The maximum absolute atomic E-state index is 12.6. The molecule has 6 heteroatoms. The second-order valence-electron chi connectivity index (χ2n) is 4.24. The first kappa shape index (κ1) is 15.4. The molecule has 0 heterocycles. The first-order valence-corrected chi connectivity index (χ1v) is 6.33. The zero-order valence-corrected chi connectivity index (χ0v) is 11.4.